The molecule has 0 aliphatic rings. The van der Waals surface area contributed by atoms with Crippen LogP contribution in [0.25, 0.3) is 0 Å². The van der Waals surface area contributed by atoms with E-state index in [0.717, 1.165) is 0 Å². The lowest BCUT2D eigenvalue weighted by Crippen LogP contribution is -2.53. The van der Waals surface area contributed by atoms with Crippen molar-refractivity contribution in [2.75, 3.05) is 14.1 Å². The fourth-order valence-electron chi connectivity index (χ4n) is 1.05. The second-order valence-electron chi connectivity index (χ2n) is 4.27. The average Bonchev–Trinajstić information content (AvgIpc) is 2.18. The van der Waals surface area contributed by atoms with Crippen LogP contribution in [0, 0.1) is 0 Å². The summed E-state index contributed by atoms with van der Waals surface area (Å²) in [6, 6.07) is 9.23. The number of carbonyl (C=O) groups excluding carboxylic acids is 1. The minimum Gasteiger partial charge on any atom is -0.334 e. The van der Waals surface area contributed by atoms with Crippen molar-refractivity contribution in [3.05, 3.63) is 35.9 Å². The Morgan fingerprint density at radius 2 is 1.73 bits per heavy atom. The van der Waals surface area contributed by atoms with Crippen LogP contribution in [0.15, 0.2) is 30.3 Å². The van der Waals surface area contributed by atoms with Crippen LogP contribution < -0.4 is 5.32 Å². The van der Waals surface area contributed by atoms with E-state index in [1.807, 2.05) is 51.0 Å². The Bertz CT molecular complexity index is 331. The molecule has 15 heavy (non-hydrogen) atoms. The average molecular weight is 206 g/mol. The van der Waals surface area contributed by atoms with E-state index >= 15 is 0 Å². The van der Waals surface area contributed by atoms with E-state index in [9.17, 15) is 4.79 Å². The lowest BCUT2D eigenvalue weighted by atomic mass is 10.1. The normalized spacial score (nSPS) is 11.5. The molecule has 0 heterocycles. The van der Waals surface area contributed by atoms with Crippen LogP contribution in [0.5, 0.6) is 0 Å². The van der Waals surface area contributed by atoms with Crippen LogP contribution in [0.3, 0.4) is 0 Å². The Morgan fingerprint density at radius 1 is 1.20 bits per heavy atom. The first-order valence-electron chi connectivity index (χ1n) is 4.98. The van der Waals surface area contributed by atoms with E-state index in [-0.39, 0.29) is 11.6 Å². The molecular formula is C12H18N2O. The number of hydrogen-bond donors (Lipinski definition) is 1. The molecule has 0 aromatic heterocycles. The van der Waals surface area contributed by atoms with Crippen LogP contribution in [0.2, 0.25) is 0 Å². The van der Waals surface area contributed by atoms with E-state index in [4.69, 9.17) is 0 Å². The van der Waals surface area contributed by atoms with Crippen molar-refractivity contribution in [3.63, 3.8) is 0 Å². The summed E-state index contributed by atoms with van der Waals surface area (Å²) < 4.78 is 0. The van der Waals surface area contributed by atoms with Crippen molar-refractivity contribution in [1.29, 1.82) is 0 Å². The largest absolute Gasteiger partial charge is 0.334 e. The zero-order chi connectivity index (χ0) is 11.5. The molecule has 1 aromatic rings. The van der Waals surface area contributed by atoms with Gasteiger partial charge in [0.1, 0.15) is 0 Å². The van der Waals surface area contributed by atoms with Crippen molar-refractivity contribution in [1.82, 2.24) is 10.2 Å². The third-order valence-corrected chi connectivity index (χ3v) is 2.57. The number of rotatable bonds is 3. The second-order valence-corrected chi connectivity index (χ2v) is 4.27. The maximum Gasteiger partial charge on any atom is 0.252 e. The Kier molecular flexibility index (Phi) is 3.48. The van der Waals surface area contributed by atoms with Crippen LogP contribution in [-0.4, -0.2) is 30.6 Å². The van der Waals surface area contributed by atoms with Crippen LogP contribution in [-0.2, 0) is 0 Å². The van der Waals surface area contributed by atoms with Gasteiger partial charge in [-0.1, -0.05) is 18.2 Å². The van der Waals surface area contributed by atoms with Gasteiger partial charge in [0.05, 0.1) is 5.66 Å². The second kappa shape index (κ2) is 4.45. The van der Waals surface area contributed by atoms with Crippen molar-refractivity contribution < 1.29 is 4.79 Å². The van der Waals surface area contributed by atoms with Gasteiger partial charge in [-0.15, -0.1) is 0 Å². The summed E-state index contributed by atoms with van der Waals surface area (Å²) in [5.41, 5.74) is 0.347. The SMILES string of the molecule is CN(C)C(C)(C)NC(=O)c1ccccc1. The predicted octanol–water partition coefficient (Wildman–Crippen LogP) is 1.71. The molecule has 1 N–H and O–H groups in total. The molecule has 0 spiro atoms. The van der Waals surface area contributed by atoms with Gasteiger partial charge < -0.3 is 5.32 Å². The van der Waals surface area contributed by atoms with E-state index in [0.29, 0.717) is 5.56 Å². The third kappa shape index (κ3) is 3.06. The lowest BCUT2D eigenvalue weighted by Gasteiger charge is -2.33. The lowest BCUT2D eigenvalue weighted by molar-refractivity contribution is 0.0789. The van der Waals surface area contributed by atoms with Gasteiger partial charge >= 0.3 is 0 Å². The van der Waals surface area contributed by atoms with Crippen LogP contribution >= 0.6 is 0 Å². The maximum absolute atomic E-state index is 11.8. The van der Waals surface area contributed by atoms with Crippen molar-refractivity contribution in [2.24, 2.45) is 0 Å². The maximum atomic E-state index is 11.8. The van der Waals surface area contributed by atoms with Gasteiger partial charge in [-0.2, -0.15) is 0 Å². The monoisotopic (exact) mass is 206 g/mol. The summed E-state index contributed by atoms with van der Waals surface area (Å²) in [6.07, 6.45) is 0. The molecule has 1 aromatic carbocycles. The molecule has 3 heteroatoms. The number of carbonyl (C=O) groups is 1. The van der Waals surface area contributed by atoms with Gasteiger partial charge in [-0.3, -0.25) is 9.69 Å². The molecule has 0 saturated heterocycles. The van der Waals surface area contributed by atoms with Gasteiger partial charge in [-0.25, -0.2) is 0 Å². The highest BCUT2D eigenvalue weighted by Crippen LogP contribution is 2.07. The van der Waals surface area contributed by atoms with E-state index in [2.05, 4.69) is 5.32 Å². The Hall–Kier alpha value is -1.35. The molecule has 1 amide bonds. The molecule has 0 aliphatic carbocycles. The minimum absolute atomic E-state index is 0.0469. The summed E-state index contributed by atoms with van der Waals surface area (Å²) >= 11 is 0. The van der Waals surface area contributed by atoms with Gasteiger partial charge in [0.2, 0.25) is 0 Å². The molecule has 0 bridgehead atoms. The fraction of sp³-hybridized carbons (Fsp3) is 0.417. The zero-order valence-corrected chi connectivity index (χ0v) is 9.74. The molecule has 0 saturated carbocycles. The van der Waals surface area contributed by atoms with Crippen LogP contribution in [0.1, 0.15) is 24.2 Å². The third-order valence-electron chi connectivity index (χ3n) is 2.57. The summed E-state index contributed by atoms with van der Waals surface area (Å²) in [7, 11) is 3.87. The number of amides is 1. The summed E-state index contributed by atoms with van der Waals surface area (Å²) in [5.74, 6) is -0.0469. The number of nitrogens with zero attached hydrogens (tertiary/aromatic N) is 1. The molecule has 1 rings (SSSR count). The topological polar surface area (TPSA) is 32.3 Å². The first-order valence-corrected chi connectivity index (χ1v) is 4.98. The molecule has 82 valence electrons. The number of benzene rings is 1. The quantitative estimate of drug-likeness (QED) is 0.764. The van der Waals surface area contributed by atoms with Crippen LogP contribution in [0.4, 0.5) is 0 Å². The van der Waals surface area contributed by atoms with Crippen molar-refractivity contribution in [2.45, 2.75) is 19.5 Å². The summed E-state index contributed by atoms with van der Waals surface area (Å²) in [5, 5.41) is 2.96. The fourth-order valence-corrected chi connectivity index (χ4v) is 1.05. The Morgan fingerprint density at radius 3 is 2.20 bits per heavy atom. The first-order chi connectivity index (χ1) is 6.93. The highest BCUT2D eigenvalue weighted by molar-refractivity contribution is 5.94. The number of hydrogen-bond acceptors (Lipinski definition) is 2. The molecular weight excluding hydrogens is 188 g/mol. The Labute approximate surface area is 91.1 Å². The van der Waals surface area contributed by atoms with E-state index in [1.165, 1.54) is 0 Å². The van der Waals surface area contributed by atoms with Gasteiger partial charge in [-0.05, 0) is 40.1 Å². The molecule has 0 fully saturated rings. The zero-order valence-electron chi connectivity index (χ0n) is 9.74. The number of nitrogens with one attached hydrogen (secondary N) is 1. The minimum atomic E-state index is -0.340. The standard InChI is InChI=1S/C12H18N2O/c1-12(2,14(3)4)13-11(15)10-8-6-5-7-9-10/h5-9H,1-4H3,(H,13,15). The van der Waals surface area contributed by atoms with E-state index in [1.54, 1.807) is 12.1 Å². The smallest absolute Gasteiger partial charge is 0.252 e. The molecule has 0 atom stereocenters. The Balaban J connectivity index is 2.73. The molecule has 3 nitrogen and oxygen atoms in total. The van der Waals surface area contributed by atoms with E-state index < -0.39 is 0 Å². The van der Waals surface area contributed by atoms with Gasteiger partial charge in [0, 0.05) is 5.56 Å². The summed E-state index contributed by atoms with van der Waals surface area (Å²) in [4.78, 5) is 13.8. The van der Waals surface area contributed by atoms with Gasteiger partial charge in [0.15, 0.2) is 0 Å². The molecule has 0 radical (unpaired) electrons. The van der Waals surface area contributed by atoms with Crippen molar-refractivity contribution >= 4 is 5.91 Å². The predicted molar refractivity (Wildman–Crippen MR) is 61.7 cm³/mol. The highest BCUT2D eigenvalue weighted by atomic mass is 16.2. The molecule has 0 aliphatic heterocycles. The van der Waals surface area contributed by atoms with Gasteiger partial charge in [0.25, 0.3) is 5.91 Å². The summed E-state index contributed by atoms with van der Waals surface area (Å²) in [6.45, 7) is 3.93. The van der Waals surface area contributed by atoms with Crippen molar-refractivity contribution in [3.8, 4) is 0 Å². The molecule has 0 unspecified atom stereocenters. The first kappa shape index (κ1) is 11.7. The highest BCUT2D eigenvalue weighted by Gasteiger charge is 2.22.